The molecule has 0 spiro atoms. The van der Waals surface area contributed by atoms with Gasteiger partial charge in [-0.3, -0.25) is 9.59 Å². The van der Waals surface area contributed by atoms with Gasteiger partial charge in [0.15, 0.2) is 6.61 Å². The summed E-state index contributed by atoms with van der Waals surface area (Å²) in [5.41, 5.74) is 4.34. The van der Waals surface area contributed by atoms with Gasteiger partial charge in [0.1, 0.15) is 17.2 Å². The molecular weight excluding hydrogens is 681 g/mol. The number of ether oxygens (including phenoxy) is 2. The summed E-state index contributed by atoms with van der Waals surface area (Å²) in [6, 6.07) is 24.9. The van der Waals surface area contributed by atoms with E-state index in [1.807, 2.05) is 6.07 Å². The molecule has 10 heteroatoms. The molecular formula is C39H40Cl3N3O4. The Morgan fingerprint density at radius 3 is 2.14 bits per heavy atom. The van der Waals surface area contributed by atoms with Gasteiger partial charge in [-0.15, -0.1) is 0 Å². The highest BCUT2D eigenvalue weighted by Gasteiger charge is 2.39. The minimum atomic E-state index is -1.06. The van der Waals surface area contributed by atoms with Crippen molar-refractivity contribution in [3.63, 3.8) is 0 Å². The quantitative estimate of drug-likeness (QED) is 0.158. The third kappa shape index (κ3) is 8.23. The summed E-state index contributed by atoms with van der Waals surface area (Å²) in [6.45, 7) is 13.0. The minimum Gasteiger partial charge on any atom is -0.483 e. The summed E-state index contributed by atoms with van der Waals surface area (Å²) in [5, 5.41) is 10.0. The topological polar surface area (TPSA) is 80.2 Å². The number of nitrogens with zero attached hydrogens (tertiary/aromatic N) is 2. The van der Waals surface area contributed by atoms with Crippen molar-refractivity contribution in [3.05, 3.63) is 117 Å². The number of nitrogens with one attached hydrogen (secondary N) is 1. The van der Waals surface area contributed by atoms with Crippen LogP contribution < -0.4 is 19.8 Å². The molecule has 49 heavy (non-hydrogen) atoms. The maximum Gasteiger partial charge on any atom is 0.294 e. The van der Waals surface area contributed by atoms with Gasteiger partial charge in [0.25, 0.3) is 11.8 Å². The highest BCUT2D eigenvalue weighted by atomic mass is 35.5. The maximum atomic E-state index is 13.7. The number of hydrazone groups is 1. The zero-order chi connectivity index (χ0) is 35.5. The van der Waals surface area contributed by atoms with Crippen molar-refractivity contribution in [1.29, 1.82) is 0 Å². The van der Waals surface area contributed by atoms with E-state index in [9.17, 15) is 9.59 Å². The van der Waals surface area contributed by atoms with Gasteiger partial charge in [0.2, 0.25) is 6.10 Å². The first-order valence-corrected chi connectivity index (χ1v) is 17.3. The number of hydrogen-bond acceptors (Lipinski definition) is 5. The summed E-state index contributed by atoms with van der Waals surface area (Å²) in [5.74, 6) is 0.358. The Hall–Kier alpha value is -4.04. The molecule has 256 valence electrons. The average Bonchev–Trinajstić information content (AvgIpc) is 3.41. The van der Waals surface area contributed by atoms with Crippen LogP contribution in [-0.2, 0) is 20.4 Å². The van der Waals surface area contributed by atoms with E-state index in [1.54, 1.807) is 66.7 Å². The molecule has 2 amide bonds. The SMILES string of the molecule is CCC(C)(C)c1ccc(OCC(=O)Nc2ccc(N3N=C(c4ccc(Cl)cc4)C(Oc4ccc(Cl)c(Cl)c4)C3=O)cc2)c(C(C)(C)CC)c1. The zero-order valence-electron chi connectivity index (χ0n) is 28.4. The number of hydrogen-bond donors (Lipinski definition) is 1. The zero-order valence-corrected chi connectivity index (χ0v) is 30.7. The standard InChI is InChI=1S/C39H40Cl3N3O4/c1-7-38(3,4)25-11-20-33(30(21-25)39(5,6)8-2)48-23-34(46)43-27-14-16-28(17-15-27)45-37(47)36(49-29-18-19-31(41)32(42)22-29)35(44-45)24-9-12-26(40)13-10-24/h9-22,36H,7-8,23H2,1-6H3,(H,43,46). The van der Waals surface area contributed by atoms with Crippen molar-refractivity contribution < 1.29 is 19.1 Å². The fourth-order valence-corrected chi connectivity index (χ4v) is 5.69. The van der Waals surface area contributed by atoms with Gasteiger partial charge in [-0.2, -0.15) is 10.1 Å². The van der Waals surface area contributed by atoms with Crippen LogP contribution in [0.2, 0.25) is 15.1 Å². The predicted octanol–water partition coefficient (Wildman–Crippen LogP) is 10.2. The van der Waals surface area contributed by atoms with Gasteiger partial charge in [-0.05, 0) is 83.8 Å². The third-order valence-corrected chi connectivity index (χ3v) is 10.2. The van der Waals surface area contributed by atoms with Crippen LogP contribution >= 0.6 is 34.8 Å². The Morgan fingerprint density at radius 1 is 0.837 bits per heavy atom. The van der Waals surface area contributed by atoms with Crippen LogP contribution in [0.4, 0.5) is 11.4 Å². The predicted molar refractivity (Wildman–Crippen MR) is 200 cm³/mol. The Morgan fingerprint density at radius 2 is 1.51 bits per heavy atom. The first-order chi connectivity index (χ1) is 23.2. The van der Waals surface area contributed by atoms with Crippen molar-refractivity contribution in [1.82, 2.24) is 0 Å². The fourth-order valence-electron chi connectivity index (χ4n) is 5.27. The fraction of sp³-hybridized carbons (Fsp3) is 0.308. The van der Waals surface area contributed by atoms with Crippen LogP contribution in [0.25, 0.3) is 0 Å². The molecule has 1 aliphatic rings. The summed E-state index contributed by atoms with van der Waals surface area (Å²) in [7, 11) is 0. The van der Waals surface area contributed by atoms with Crippen LogP contribution in [0.5, 0.6) is 11.5 Å². The molecule has 1 N–H and O–H groups in total. The molecule has 1 aliphatic heterocycles. The average molecular weight is 721 g/mol. The second-order valence-electron chi connectivity index (χ2n) is 13.3. The van der Waals surface area contributed by atoms with Gasteiger partial charge in [-0.1, -0.05) is 101 Å². The Balaban J connectivity index is 1.30. The van der Waals surface area contributed by atoms with E-state index in [0.29, 0.717) is 49.2 Å². The molecule has 1 atom stereocenters. The molecule has 0 fully saturated rings. The monoisotopic (exact) mass is 719 g/mol. The number of rotatable bonds is 12. The Bertz CT molecular complexity index is 1870. The lowest BCUT2D eigenvalue weighted by Gasteiger charge is -2.30. The van der Waals surface area contributed by atoms with E-state index in [0.717, 1.165) is 18.4 Å². The van der Waals surface area contributed by atoms with E-state index in [4.69, 9.17) is 44.3 Å². The molecule has 1 heterocycles. The lowest BCUT2D eigenvalue weighted by Crippen LogP contribution is -2.37. The second kappa shape index (κ2) is 14.8. The van der Waals surface area contributed by atoms with E-state index >= 15 is 0 Å². The molecule has 0 radical (unpaired) electrons. The van der Waals surface area contributed by atoms with Crippen molar-refractivity contribution in [3.8, 4) is 11.5 Å². The van der Waals surface area contributed by atoms with Crippen LogP contribution in [0.3, 0.4) is 0 Å². The van der Waals surface area contributed by atoms with Crippen molar-refractivity contribution >= 4 is 63.7 Å². The van der Waals surface area contributed by atoms with Gasteiger partial charge in [-0.25, -0.2) is 0 Å². The first kappa shape index (κ1) is 36.2. The van der Waals surface area contributed by atoms with Crippen molar-refractivity contribution in [2.24, 2.45) is 5.10 Å². The highest BCUT2D eigenvalue weighted by Crippen LogP contribution is 2.38. The third-order valence-electron chi connectivity index (χ3n) is 9.19. The van der Waals surface area contributed by atoms with Gasteiger partial charge < -0.3 is 14.8 Å². The molecule has 4 aromatic carbocycles. The molecule has 5 rings (SSSR count). The molecule has 7 nitrogen and oxygen atoms in total. The summed E-state index contributed by atoms with van der Waals surface area (Å²) >= 11 is 18.4. The lowest BCUT2D eigenvalue weighted by molar-refractivity contribution is -0.122. The van der Waals surface area contributed by atoms with E-state index in [2.05, 4.69) is 64.1 Å². The number of carbonyl (C=O) groups is 2. The molecule has 4 aromatic rings. The number of benzene rings is 4. The Labute approximate surface area is 303 Å². The van der Waals surface area contributed by atoms with Crippen molar-refractivity contribution in [2.45, 2.75) is 71.3 Å². The van der Waals surface area contributed by atoms with Gasteiger partial charge in [0.05, 0.1) is 15.7 Å². The number of amides is 2. The number of carbonyl (C=O) groups excluding carboxylic acids is 2. The molecule has 1 unspecified atom stereocenters. The minimum absolute atomic E-state index is 0.0297. The summed E-state index contributed by atoms with van der Waals surface area (Å²) in [4.78, 5) is 26.7. The summed E-state index contributed by atoms with van der Waals surface area (Å²) in [6.07, 6.45) is 0.875. The van der Waals surface area contributed by atoms with Crippen LogP contribution in [0.1, 0.15) is 71.1 Å². The summed E-state index contributed by atoms with van der Waals surface area (Å²) < 4.78 is 12.2. The second-order valence-corrected chi connectivity index (χ2v) is 14.5. The van der Waals surface area contributed by atoms with Gasteiger partial charge in [0, 0.05) is 27.9 Å². The number of halogens is 3. The van der Waals surface area contributed by atoms with Crippen LogP contribution in [0.15, 0.2) is 90.0 Å². The molecule has 0 saturated carbocycles. The Kier molecular flexibility index (Phi) is 11.0. The van der Waals surface area contributed by atoms with Crippen molar-refractivity contribution in [2.75, 3.05) is 16.9 Å². The van der Waals surface area contributed by atoms with Crippen LogP contribution in [0, 0.1) is 0 Å². The maximum absolute atomic E-state index is 13.7. The highest BCUT2D eigenvalue weighted by molar-refractivity contribution is 6.42. The van der Waals surface area contributed by atoms with Gasteiger partial charge >= 0.3 is 0 Å². The molecule has 0 saturated heterocycles. The van der Waals surface area contributed by atoms with E-state index in [-0.39, 0.29) is 23.3 Å². The van der Waals surface area contributed by atoms with E-state index < -0.39 is 12.0 Å². The first-order valence-electron chi connectivity index (χ1n) is 16.2. The number of anilines is 2. The largest absolute Gasteiger partial charge is 0.483 e. The smallest absolute Gasteiger partial charge is 0.294 e. The van der Waals surface area contributed by atoms with E-state index in [1.165, 1.54) is 10.6 Å². The molecule has 0 bridgehead atoms. The van der Waals surface area contributed by atoms with Crippen LogP contribution in [-0.4, -0.2) is 30.2 Å². The normalized spacial score (nSPS) is 14.9. The lowest BCUT2D eigenvalue weighted by atomic mass is 9.76. The molecule has 0 aliphatic carbocycles. The molecule has 0 aromatic heterocycles.